The second-order valence-corrected chi connectivity index (χ2v) is 12.3. The molecule has 1 aliphatic carbocycles. The fraction of sp³-hybridized carbons (Fsp3) is 0.444. The first-order chi connectivity index (χ1) is 21.6. The summed E-state index contributed by atoms with van der Waals surface area (Å²) in [7, 11) is 0. The van der Waals surface area contributed by atoms with Crippen molar-refractivity contribution in [2.75, 3.05) is 39.8 Å². The van der Waals surface area contributed by atoms with Crippen LogP contribution in [0.5, 0.6) is 23.0 Å². The van der Waals surface area contributed by atoms with Crippen LogP contribution in [0.4, 0.5) is 0 Å². The number of piperidine rings is 2. The zero-order valence-electron chi connectivity index (χ0n) is 25.1. The third-order valence-corrected chi connectivity index (χ3v) is 9.61. The minimum absolute atomic E-state index is 0.0279. The van der Waals surface area contributed by atoms with Crippen molar-refractivity contribution in [3.63, 3.8) is 0 Å². The van der Waals surface area contributed by atoms with Gasteiger partial charge in [0, 0.05) is 26.2 Å². The molecule has 0 bridgehead atoms. The molecule has 2 saturated heterocycles. The van der Waals surface area contributed by atoms with Gasteiger partial charge >= 0.3 is 0 Å². The van der Waals surface area contributed by atoms with Gasteiger partial charge in [-0.1, -0.05) is 42.5 Å². The molecule has 0 N–H and O–H groups in total. The SMILES string of the molecule is O=C(/C=C/[C@H]1[C@H](/C=C/c2ccc3c(c2)OCO3)[C@H](/C=C/c2ccc3c(c2)OCO3)[C@@H]1C(=O)N1CCCCC1)N1CCCCC1. The topological polar surface area (TPSA) is 77.5 Å². The zero-order valence-corrected chi connectivity index (χ0v) is 25.1. The highest BCUT2D eigenvalue weighted by Crippen LogP contribution is 2.50. The largest absolute Gasteiger partial charge is 0.454 e. The number of allylic oxidation sites excluding steroid dienone is 3. The Kier molecular flexibility index (Phi) is 8.31. The highest BCUT2D eigenvalue weighted by Gasteiger charge is 2.51. The normalized spacial score (nSPS) is 26.1. The van der Waals surface area contributed by atoms with E-state index in [-0.39, 0.29) is 49.1 Å². The average Bonchev–Trinajstić information content (AvgIpc) is 3.74. The van der Waals surface area contributed by atoms with E-state index in [1.54, 1.807) is 6.08 Å². The molecular formula is C36H40N2O6. The third-order valence-electron chi connectivity index (χ3n) is 9.61. The van der Waals surface area contributed by atoms with E-state index in [2.05, 4.69) is 24.3 Å². The summed E-state index contributed by atoms with van der Waals surface area (Å²) in [5.41, 5.74) is 2.00. The third kappa shape index (κ3) is 5.94. The monoisotopic (exact) mass is 596 g/mol. The van der Waals surface area contributed by atoms with Gasteiger partial charge in [-0.05, 0) is 97.7 Å². The van der Waals surface area contributed by atoms with Crippen molar-refractivity contribution in [3.05, 3.63) is 71.8 Å². The number of fused-ring (bicyclic) bond motifs is 2. The first kappa shape index (κ1) is 28.6. The minimum atomic E-state index is -0.241. The van der Waals surface area contributed by atoms with E-state index >= 15 is 0 Å². The first-order valence-electron chi connectivity index (χ1n) is 16.1. The van der Waals surface area contributed by atoms with E-state index in [1.807, 2.05) is 52.3 Å². The van der Waals surface area contributed by atoms with Crippen molar-refractivity contribution in [2.45, 2.75) is 38.5 Å². The van der Waals surface area contributed by atoms with Crippen molar-refractivity contribution in [3.8, 4) is 23.0 Å². The molecule has 1 saturated carbocycles. The van der Waals surface area contributed by atoms with Crippen LogP contribution in [0.15, 0.2) is 60.7 Å². The number of hydrogen-bond acceptors (Lipinski definition) is 6. The molecule has 8 heteroatoms. The van der Waals surface area contributed by atoms with Gasteiger partial charge in [0.05, 0.1) is 5.92 Å². The van der Waals surface area contributed by atoms with Crippen LogP contribution < -0.4 is 18.9 Å². The molecule has 3 fully saturated rings. The Balaban J connectivity index is 1.19. The average molecular weight is 597 g/mol. The fourth-order valence-electron chi connectivity index (χ4n) is 7.14. The van der Waals surface area contributed by atoms with Crippen LogP contribution in [0.2, 0.25) is 0 Å². The molecule has 0 unspecified atom stereocenters. The smallest absolute Gasteiger partial charge is 0.246 e. The minimum Gasteiger partial charge on any atom is -0.454 e. The van der Waals surface area contributed by atoms with Crippen molar-refractivity contribution in [2.24, 2.45) is 23.7 Å². The zero-order chi connectivity index (χ0) is 29.9. The van der Waals surface area contributed by atoms with E-state index in [0.29, 0.717) is 0 Å². The fourth-order valence-corrected chi connectivity index (χ4v) is 7.14. The van der Waals surface area contributed by atoms with Crippen molar-refractivity contribution in [1.82, 2.24) is 9.80 Å². The van der Waals surface area contributed by atoms with E-state index in [1.165, 1.54) is 6.42 Å². The number of rotatable bonds is 7. The molecule has 0 aromatic heterocycles. The van der Waals surface area contributed by atoms with Crippen molar-refractivity contribution < 1.29 is 28.5 Å². The maximum absolute atomic E-state index is 14.1. The Morgan fingerprint density at radius 2 is 1.09 bits per heavy atom. The molecule has 0 spiro atoms. The van der Waals surface area contributed by atoms with Crippen LogP contribution in [0.1, 0.15) is 49.7 Å². The number of carbonyl (C=O) groups is 2. The Labute approximate surface area is 258 Å². The van der Waals surface area contributed by atoms with Gasteiger partial charge in [0.1, 0.15) is 0 Å². The van der Waals surface area contributed by atoms with Gasteiger partial charge in [-0.2, -0.15) is 0 Å². The molecular weight excluding hydrogens is 556 g/mol. The quantitative estimate of drug-likeness (QED) is 0.369. The predicted molar refractivity (Wildman–Crippen MR) is 167 cm³/mol. The van der Waals surface area contributed by atoms with Crippen molar-refractivity contribution in [1.29, 1.82) is 0 Å². The summed E-state index contributed by atoms with van der Waals surface area (Å²) < 4.78 is 22.2. The molecule has 5 aliphatic rings. The Morgan fingerprint density at radius 1 is 0.591 bits per heavy atom. The number of benzene rings is 2. The van der Waals surface area contributed by atoms with Crippen molar-refractivity contribution >= 4 is 24.0 Å². The molecule has 4 atom stereocenters. The molecule has 4 aliphatic heterocycles. The molecule has 230 valence electrons. The van der Waals surface area contributed by atoms with E-state index in [0.717, 1.165) is 92.4 Å². The van der Waals surface area contributed by atoms with Crippen LogP contribution in [0.25, 0.3) is 12.2 Å². The molecule has 2 aromatic rings. The molecule has 44 heavy (non-hydrogen) atoms. The number of carbonyl (C=O) groups excluding carboxylic acids is 2. The molecule has 0 radical (unpaired) electrons. The lowest BCUT2D eigenvalue weighted by molar-refractivity contribution is -0.146. The van der Waals surface area contributed by atoms with Crippen LogP contribution in [0, 0.1) is 23.7 Å². The molecule has 7 rings (SSSR count). The lowest BCUT2D eigenvalue weighted by Gasteiger charge is -2.50. The van der Waals surface area contributed by atoms with Gasteiger partial charge in [-0.15, -0.1) is 0 Å². The summed E-state index contributed by atoms with van der Waals surface area (Å²) in [4.78, 5) is 31.3. The summed E-state index contributed by atoms with van der Waals surface area (Å²) in [5, 5.41) is 0. The lowest BCUT2D eigenvalue weighted by atomic mass is 9.55. The lowest BCUT2D eigenvalue weighted by Crippen LogP contribution is -2.54. The number of likely N-dealkylation sites (tertiary alicyclic amines) is 2. The second kappa shape index (κ2) is 12.8. The molecule has 2 amide bonds. The predicted octanol–water partition coefficient (Wildman–Crippen LogP) is 5.93. The van der Waals surface area contributed by atoms with E-state index in [4.69, 9.17) is 18.9 Å². The van der Waals surface area contributed by atoms with Gasteiger partial charge in [-0.25, -0.2) is 0 Å². The summed E-state index contributed by atoms with van der Waals surface area (Å²) in [6.45, 7) is 3.67. The first-order valence-corrected chi connectivity index (χ1v) is 16.1. The Morgan fingerprint density at radius 3 is 1.68 bits per heavy atom. The molecule has 2 aromatic carbocycles. The summed E-state index contributed by atoms with van der Waals surface area (Å²) in [6, 6.07) is 11.8. The number of amides is 2. The second-order valence-electron chi connectivity index (χ2n) is 12.3. The van der Waals surface area contributed by atoms with Crippen LogP contribution in [-0.2, 0) is 9.59 Å². The highest BCUT2D eigenvalue weighted by atomic mass is 16.7. The molecule has 4 heterocycles. The number of nitrogens with zero attached hydrogens (tertiary/aromatic N) is 2. The van der Waals surface area contributed by atoms with Crippen LogP contribution >= 0.6 is 0 Å². The summed E-state index contributed by atoms with van der Waals surface area (Å²) in [5.74, 6) is 2.89. The van der Waals surface area contributed by atoms with Gasteiger partial charge in [0.15, 0.2) is 23.0 Å². The number of hydrogen-bond donors (Lipinski definition) is 0. The van der Waals surface area contributed by atoms with Gasteiger partial charge in [-0.3, -0.25) is 9.59 Å². The highest BCUT2D eigenvalue weighted by molar-refractivity contribution is 5.88. The van der Waals surface area contributed by atoms with E-state index < -0.39 is 0 Å². The summed E-state index contributed by atoms with van der Waals surface area (Å²) >= 11 is 0. The van der Waals surface area contributed by atoms with Gasteiger partial charge in [0.25, 0.3) is 0 Å². The number of ether oxygens (including phenoxy) is 4. The Hall–Kier alpha value is -4.20. The van der Waals surface area contributed by atoms with E-state index in [9.17, 15) is 9.59 Å². The standard InChI is InChI=1S/C36H40N2O6/c39-34(37-17-3-1-4-18-37)16-13-29-27(11-7-25-9-14-30-32(21-25)43-23-41-30)28(35(29)36(40)38-19-5-2-6-20-38)12-8-26-10-15-31-33(22-26)44-24-42-31/h7-16,21-22,27-29,35H,1-6,17-20,23-24H2/b11-7+,12-8+,16-13+/t27-,28+,29+,35+/m1/s1. The summed E-state index contributed by atoms with van der Waals surface area (Å²) in [6.07, 6.45) is 18.8. The Bertz CT molecular complexity index is 1470. The van der Waals surface area contributed by atoms with Gasteiger partial charge < -0.3 is 28.7 Å². The maximum Gasteiger partial charge on any atom is 0.246 e. The van der Waals surface area contributed by atoms with Crippen LogP contribution in [-0.4, -0.2) is 61.4 Å². The molecule has 8 nitrogen and oxygen atoms in total. The van der Waals surface area contributed by atoms with Crippen LogP contribution in [0.3, 0.4) is 0 Å². The van der Waals surface area contributed by atoms with Gasteiger partial charge in [0.2, 0.25) is 25.4 Å². The maximum atomic E-state index is 14.1.